The maximum atomic E-state index is 12.7. The van der Waals surface area contributed by atoms with Crippen molar-refractivity contribution in [3.8, 4) is 0 Å². The zero-order valence-corrected chi connectivity index (χ0v) is 14.6. The number of hydrogen-bond donors (Lipinski definition) is 1. The highest BCUT2D eigenvalue weighted by Gasteiger charge is 2.27. The summed E-state index contributed by atoms with van der Waals surface area (Å²) < 4.78 is 4.73. The number of carbonyl (C=O) groups excluding carboxylic acids is 2. The Morgan fingerprint density at radius 1 is 1.00 bits per heavy atom. The normalized spacial score (nSPS) is 10.4. The van der Waals surface area contributed by atoms with Gasteiger partial charge in [-0.15, -0.1) is 0 Å². The lowest BCUT2D eigenvalue weighted by Crippen LogP contribution is -2.43. The average Bonchev–Trinajstić information content (AvgIpc) is 2.66. The number of urea groups is 1. The summed E-state index contributed by atoms with van der Waals surface area (Å²) >= 11 is 0. The van der Waals surface area contributed by atoms with Gasteiger partial charge in [0.2, 0.25) is 0 Å². The van der Waals surface area contributed by atoms with Gasteiger partial charge in [0.05, 0.1) is 19.6 Å². The first-order valence-corrected chi connectivity index (χ1v) is 8.38. The topological polar surface area (TPSA) is 58.6 Å². The molecule has 2 aromatic rings. The van der Waals surface area contributed by atoms with Crippen LogP contribution in [0.1, 0.15) is 30.5 Å². The Hall–Kier alpha value is -2.82. The average molecular weight is 340 g/mol. The van der Waals surface area contributed by atoms with E-state index in [4.69, 9.17) is 4.74 Å². The Morgan fingerprint density at radius 2 is 1.52 bits per heavy atom. The zero-order chi connectivity index (χ0) is 18.1. The SMILES string of the molecule is CCNC(=O)N(CCC(=O)OC)C(c1ccccc1)c1ccccc1. The fourth-order valence-electron chi connectivity index (χ4n) is 2.74. The van der Waals surface area contributed by atoms with Gasteiger partial charge >= 0.3 is 12.0 Å². The summed E-state index contributed by atoms with van der Waals surface area (Å²) in [7, 11) is 1.35. The van der Waals surface area contributed by atoms with Crippen LogP contribution in [-0.2, 0) is 9.53 Å². The van der Waals surface area contributed by atoms with E-state index >= 15 is 0 Å². The highest BCUT2D eigenvalue weighted by Crippen LogP contribution is 2.29. The molecule has 0 saturated heterocycles. The van der Waals surface area contributed by atoms with Crippen molar-refractivity contribution in [2.75, 3.05) is 20.2 Å². The molecule has 2 aromatic carbocycles. The van der Waals surface area contributed by atoms with E-state index in [-0.39, 0.29) is 31.0 Å². The fourth-order valence-corrected chi connectivity index (χ4v) is 2.74. The molecular weight excluding hydrogens is 316 g/mol. The molecule has 0 heterocycles. The van der Waals surface area contributed by atoms with E-state index in [9.17, 15) is 9.59 Å². The Balaban J connectivity index is 2.41. The van der Waals surface area contributed by atoms with Crippen LogP contribution in [0.2, 0.25) is 0 Å². The minimum Gasteiger partial charge on any atom is -0.469 e. The van der Waals surface area contributed by atoms with Crippen LogP contribution < -0.4 is 5.32 Å². The van der Waals surface area contributed by atoms with Crippen molar-refractivity contribution in [3.05, 3.63) is 71.8 Å². The molecule has 25 heavy (non-hydrogen) atoms. The van der Waals surface area contributed by atoms with Crippen LogP contribution in [-0.4, -0.2) is 37.1 Å². The summed E-state index contributed by atoms with van der Waals surface area (Å²) in [6.45, 7) is 2.66. The summed E-state index contributed by atoms with van der Waals surface area (Å²) in [6.07, 6.45) is 0.143. The maximum absolute atomic E-state index is 12.7. The third-order valence-corrected chi connectivity index (χ3v) is 3.92. The van der Waals surface area contributed by atoms with Gasteiger partial charge in [-0.2, -0.15) is 0 Å². The fraction of sp³-hybridized carbons (Fsp3) is 0.300. The molecule has 132 valence electrons. The zero-order valence-electron chi connectivity index (χ0n) is 14.6. The number of ether oxygens (including phenoxy) is 1. The van der Waals surface area contributed by atoms with Crippen LogP contribution in [0.4, 0.5) is 4.79 Å². The third kappa shape index (κ3) is 5.08. The number of benzene rings is 2. The van der Waals surface area contributed by atoms with Crippen LogP contribution in [0.5, 0.6) is 0 Å². The second kappa shape index (κ2) is 9.47. The molecule has 2 rings (SSSR count). The van der Waals surface area contributed by atoms with Gasteiger partial charge in [0, 0.05) is 13.1 Å². The largest absolute Gasteiger partial charge is 0.469 e. The van der Waals surface area contributed by atoms with E-state index in [1.807, 2.05) is 67.6 Å². The van der Waals surface area contributed by atoms with Crippen molar-refractivity contribution in [2.45, 2.75) is 19.4 Å². The van der Waals surface area contributed by atoms with E-state index in [1.54, 1.807) is 4.90 Å². The number of carbonyl (C=O) groups is 2. The predicted octanol–water partition coefficient (Wildman–Crippen LogP) is 3.37. The molecule has 1 N–H and O–H groups in total. The first kappa shape index (κ1) is 18.5. The maximum Gasteiger partial charge on any atom is 0.318 e. The molecule has 0 spiro atoms. The van der Waals surface area contributed by atoms with Gasteiger partial charge in [0.25, 0.3) is 0 Å². The molecule has 0 aliphatic rings. The lowest BCUT2D eigenvalue weighted by Gasteiger charge is -2.32. The smallest absolute Gasteiger partial charge is 0.318 e. The number of nitrogens with zero attached hydrogens (tertiary/aromatic N) is 1. The van der Waals surface area contributed by atoms with Gasteiger partial charge < -0.3 is 15.0 Å². The van der Waals surface area contributed by atoms with Crippen molar-refractivity contribution >= 4 is 12.0 Å². The molecule has 0 atom stereocenters. The monoisotopic (exact) mass is 340 g/mol. The molecule has 0 radical (unpaired) electrons. The van der Waals surface area contributed by atoms with Gasteiger partial charge in [-0.3, -0.25) is 4.79 Å². The van der Waals surface area contributed by atoms with Crippen molar-refractivity contribution in [1.29, 1.82) is 0 Å². The standard InChI is InChI=1S/C20H24N2O3/c1-3-21-20(24)22(15-14-18(23)25-2)19(16-10-6-4-7-11-16)17-12-8-5-9-13-17/h4-13,19H,3,14-15H2,1-2H3,(H,21,24). The van der Waals surface area contributed by atoms with Crippen LogP contribution in [0.3, 0.4) is 0 Å². The van der Waals surface area contributed by atoms with Crippen molar-refractivity contribution in [3.63, 3.8) is 0 Å². The first-order valence-electron chi connectivity index (χ1n) is 8.38. The van der Waals surface area contributed by atoms with E-state index in [2.05, 4.69) is 5.32 Å². The van der Waals surface area contributed by atoms with E-state index < -0.39 is 0 Å². The number of hydrogen-bond acceptors (Lipinski definition) is 3. The Bertz CT molecular complexity index is 634. The lowest BCUT2D eigenvalue weighted by atomic mass is 9.97. The van der Waals surface area contributed by atoms with Crippen molar-refractivity contribution in [1.82, 2.24) is 10.2 Å². The molecule has 0 fully saturated rings. The van der Waals surface area contributed by atoms with Crippen LogP contribution in [0, 0.1) is 0 Å². The molecule has 0 aliphatic carbocycles. The molecule has 0 saturated carbocycles. The Kier molecular flexibility index (Phi) is 7.01. The van der Waals surface area contributed by atoms with E-state index in [1.165, 1.54) is 7.11 Å². The molecule has 2 amide bonds. The number of methoxy groups -OCH3 is 1. The second-order valence-electron chi connectivity index (χ2n) is 5.58. The first-order chi connectivity index (χ1) is 12.2. The van der Waals surface area contributed by atoms with Crippen molar-refractivity contribution < 1.29 is 14.3 Å². The van der Waals surface area contributed by atoms with Gasteiger partial charge in [0.15, 0.2) is 0 Å². The quantitative estimate of drug-likeness (QED) is 0.786. The van der Waals surface area contributed by atoms with Crippen LogP contribution in [0.25, 0.3) is 0 Å². The predicted molar refractivity (Wildman–Crippen MR) is 97.1 cm³/mol. The summed E-state index contributed by atoms with van der Waals surface area (Å²) in [5.41, 5.74) is 1.98. The highest BCUT2D eigenvalue weighted by atomic mass is 16.5. The van der Waals surface area contributed by atoms with Crippen LogP contribution >= 0.6 is 0 Å². The second-order valence-corrected chi connectivity index (χ2v) is 5.58. The molecule has 0 unspecified atom stereocenters. The van der Waals surface area contributed by atoms with Gasteiger partial charge in [-0.1, -0.05) is 60.7 Å². The van der Waals surface area contributed by atoms with E-state index in [0.717, 1.165) is 11.1 Å². The van der Waals surface area contributed by atoms with Gasteiger partial charge in [-0.25, -0.2) is 4.79 Å². The molecule has 5 heteroatoms. The lowest BCUT2D eigenvalue weighted by molar-refractivity contribution is -0.140. The van der Waals surface area contributed by atoms with Crippen LogP contribution in [0.15, 0.2) is 60.7 Å². The number of esters is 1. The molecule has 5 nitrogen and oxygen atoms in total. The summed E-state index contributed by atoms with van der Waals surface area (Å²) in [5, 5.41) is 2.84. The van der Waals surface area contributed by atoms with Gasteiger partial charge in [-0.05, 0) is 18.1 Å². The van der Waals surface area contributed by atoms with Crippen molar-refractivity contribution in [2.24, 2.45) is 0 Å². The molecule has 0 aliphatic heterocycles. The Labute approximate surface area is 148 Å². The summed E-state index contributed by atoms with van der Waals surface area (Å²) in [5.74, 6) is -0.339. The number of amides is 2. The number of nitrogens with one attached hydrogen (secondary N) is 1. The third-order valence-electron chi connectivity index (χ3n) is 3.92. The van der Waals surface area contributed by atoms with Gasteiger partial charge in [0.1, 0.15) is 0 Å². The summed E-state index contributed by atoms with van der Waals surface area (Å²) in [4.78, 5) is 26.0. The Morgan fingerprint density at radius 3 is 1.96 bits per heavy atom. The number of rotatable bonds is 7. The van der Waals surface area contributed by atoms with E-state index in [0.29, 0.717) is 6.54 Å². The molecular formula is C20H24N2O3. The highest BCUT2D eigenvalue weighted by molar-refractivity contribution is 5.76. The molecule has 0 bridgehead atoms. The summed E-state index contributed by atoms with van der Waals surface area (Å²) in [6, 6.07) is 19.1. The minimum atomic E-state index is -0.339. The molecule has 0 aromatic heterocycles. The minimum absolute atomic E-state index is 0.143.